The van der Waals surface area contributed by atoms with E-state index < -0.39 is 11.2 Å². The van der Waals surface area contributed by atoms with Gasteiger partial charge in [0.15, 0.2) is 11.4 Å². The molecule has 2 rings (SSSR count). The third-order valence-corrected chi connectivity index (χ3v) is 2.67. The Kier molecular flexibility index (Phi) is 1.83. The van der Waals surface area contributed by atoms with Gasteiger partial charge in [0, 0.05) is 6.92 Å². The molecular formula is C10H15N3O2. The number of nitrogens with zero attached hydrogens (tertiary/aromatic N) is 3. The van der Waals surface area contributed by atoms with E-state index in [4.69, 9.17) is 4.74 Å². The minimum absolute atomic E-state index is 0.350. The molecule has 0 N–H and O–H groups in total. The van der Waals surface area contributed by atoms with E-state index in [1.165, 1.54) is 0 Å². The molecule has 1 aromatic heterocycles. The van der Waals surface area contributed by atoms with Gasteiger partial charge in [-0.05, 0) is 32.8 Å². The van der Waals surface area contributed by atoms with Crippen molar-refractivity contribution in [1.82, 2.24) is 10.2 Å². The molecule has 82 valence electrons. The zero-order chi connectivity index (χ0) is 11.4. The number of hydrogen-bond donors (Lipinski definition) is 0. The van der Waals surface area contributed by atoms with Crippen molar-refractivity contribution in [1.29, 1.82) is 0 Å². The van der Waals surface area contributed by atoms with Crippen LogP contribution in [0.4, 0.5) is 0 Å². The van der Waals surface area contributed by atoms with Crippen LogP contribution in [-0.4, -0.2) is 10.2 Å². The van der Waals surface area contributed by atoms with E-state index in [-0.39, 0.29) is 0 Å². The van der Waals surface area contributed by atoms with Gasteiger partial charge in [-0.2, -0.15) is 0 Å². The summed E-state index contributed by atoms with van der Waals surface area (Å²) in [5.74, 6) is 0.350. The highest BCUT2D eigenvalue weighted by atomic mass is 16.5. The van der Waals surface area contributed by atoms with Crippen LogP contribution >= 0.6 is 0 Å². The molecule has 0 saturated carbocycles. The summed E-state index contributed by atoms with van der Waals surface area (Å²) in [6.45, 7) is 9.17. The van der Waals surface area contributed by atoms with Gasteiger partial charge in [0.05, 0.1) is 5.10 Å². The predicted molar refractivity (Wildman–Crippen MR) is 52.9 cm³/mol. The molecule has 0 aromatic carbocycles. The Bertz CT molecular complexity index is 427. The van der Waals surface area contributed by atoms with Gasteiger partial charge >= 0.3 is 5.82 Å². The Morgan fingerprint density at radius 3 is 2.33 bits per heavy atom. The zero-order valence-electron chi connectivity index (χ0n) is 9.66. The van der Waals surface area contributed by atoms with Crippen molar-refractivity contribution in [3.05, 3.63) is 22.4 Å². The molecule has 0 spiro atoms. The standard InChI is InChI=1S/C10H15N3O2/c1-6-11-12-7-8(13(6)14)10(4,5)15-9(7,2)3/h1-5H3. The van der Waals surface area contributed by atoms with Gasteiger partial charge in [0.1, 0.15) is 11.2 Å². The molecule has 0 atom stereocenters. The quantitative estimate of drug-likeness (QED) is 0.471. The molecule has 0 unspecified atom stereocenters. The monoisotopic (exact) mass is 209 g/mol. The predicted octanol–water partition coefficient (Wildman–Crippen LogP) is 0.919. The van der Waals surface area contributed by atoms with E-state index in [1.807, 2.05) is 27.7 Å². The summed E-state index contributed by atoms with van der Waals surface area (Å²) >= 11 is 0. The van der Waals surface area contributed by atoms with Crippen LogP contribution in [0.15, 0.2) is 0 Å². The van der Waals surface area contributed by atoms with Crippen LogP contribution in [0.5, 0.6) is 0 Å². The minimum atomic E-state index is -0.610. The summed E-state index contributed by atoms with van der Waals surface area (Å²) in [4.78, 5) is 0. The summed E-state index contributed by atoms with van der Waals surface area (Å²) in [5, 5.41) is 19.8. The van der Waals surface area contributed by atoms with Gasteiger partial charge in [0.25, 0.3) is 0 Å². The second kappa shape index (κ2) is 2.66. The Morgan fingerprint density at radius 1 is 1.13 bits per heavy atom. The minimum Gasteiger partial charge on any atom is -0.710 e. The first-order valence-electron chi connectivity index (χ1n) is 4.94. The van der Waals surface area contributed by atoms with Crippen LogP contribution in [0, 0.1) is 12.1 Å². The van der Waals surface area contributed by atoms with Crippen molar-refractivity contribution >= 4 is 0 Å². The number of aromatic nitrogens is 3. The second-order valence-electron chi connectivity index (χ2n) is 4.86. The van der Waals surface area contributed by atoms with Crippen molar-refractivity contribution < 1.29 is 9.47 Å². The first-order chi connectivity index (χ1) is 6.76. The van der Waals surface area contributed by atoms with Gasteiger partial charge in [-0.15, -0.1) is 0 Å². The molecule has 1 aliphatic heterocycles. The average molecular weight is 209 g/mol. The Labute approximate surface area is 88.7 Å². The molecule has 0 fully saturated rings. The molecule has 2 heterocycles. The fourth-order valence-electron chi connectivity index (χ4n) is 2.14. The molecule has 1 aromatic rings. The molecule has 5 nitrogen and oxygen atoms in total. The van der Waals surface area contributed by atoms with Crippen molar-refractivity contribution in [3.8, 4) is 0 Å². The topological polar surface area (TPSA) is 62.0 Å². The highest BCUT2D eigenvalue weighted by Crippen LogP contribution is 2.43. The zero-order valence-corrected chi connectivity index (χ0v) is 9.66. The lowest BCUT2D eigenvalue weighted by atomic mass is 10.0. The number of fused-ring (bicyclic) bond motifs is 1. The van der Waals surface area contributed by atoms with Gasteiger partial charge in [-0.25, -0.2) is 4.73 Å². The van der Waals surface area contributed by atoms with Crippen molar-refractivity contribution in [3.63, 3.8) is 0 Å². The Hall–Kier alpha value is -1.23. The van der Waals surface area contributed by atoms with Crippen LogP contribution in [0.25, 0.3) is 0 Å². The molecule has 15 heavy (non-hydrogen) atoms. The fraction of sp³-hybridized carbons (Fsp3) is 0.700. The number of aryl methyl sites for hydroxylation is 1. The van der Waals surface area contributed by atoms with Crippen LogP contribution in [0.2, 0.25) is 0 Å². The van der Waals surface area contributed by atoms with Crippen LogP contribution in [0.3, 0.4) is 0 Å². The van der Waals surface area contributed by atoms with Crippen molar-refractivity contribution in [2.45, 2.75) is 45.8 Å². The molecule has 0 saturated heterocycles. The third kappa shape index (κ3) is 1.30. The molecule has 0 amide bonds. The Morgan fingerprint density at radius 2 is 1.73 bits per heavy atom. The summed E-state index contributed by atoms with van der Waals surface area (Å²) in [7, 11) is 0. The van der Waals surface area contributed by atoms with Crippen molar-refractivity contribution in [2.24, 2.45) is 0 Å². The summed E-state index contributed by atoms with van der Waals surface area (Å²) in [6.07, 6.45) is 0. The maximum absolute atomic E-state index is 11.9. The van der Waals surface area contributed by atoms with Crippen LogP contribution in [-0.2, 0) is 15.9 Å². The highest BCUT2D eigenvalue weighted by molar-refractivity contribution is 5.24. The summed E-state index contributed by atoms with van der Waals surface area (Å²) < 4.78 is 6.64. The summed E-state index contributed by atoms with van der Waals surface area (Å²) in [6, 6.07) is 0. The van der Waals surface area contributed by atoms with E-state index in [0.29, 0.717) is 17.2 Å². The maximum atomic E-state index is 11.9. The number of hydrogen-bond acceptors (Lipinski definition) is 4. The number of rotatable bonds is 0. The number of ether oxygens (including phenoxy) is 1. The lowest BCUT2D eigenvalue weighted by molar-refractivity contribution is -0.631. The highest BCUT2D eigenvalue weighted by Gasteiger charge is 2.49. The van der Waals surface area contributed by atoms with E-state index in [2.05, 4.69) is 10.2 Å². The molecule has 0 aliphatic carbocycles. The third-order valence-electron chi connectivity index (χ3n) is 2.67. The van der Waals surface area contributed by atoms with Gasteiger partial charge in [0.2, 0.25) is 0 Å². The van der Waals surface area contributed by atoms with Crippen LogP contribution in [0.1, 0.15) is 44.9 Å². The average Bonchev–Trinajstić information content (AvgIpc) is 2.24. The SMILES string of the molecule is Cc1nnc2c([n+]1[O-])C(C)(C)OC2(C)C. The second-order valence-corrected chi connectivity index (χ2v) is 4.86. The molecule has 1 aliphatic rings. The van der Waals surface area contributed by atoms with Gasteiger partial charge in [-0.1, -0.05) is 0 Å². The van der Waals surface area contributed by atoms with Crippen LogP contribution < -0.4 is 4.73 Å². The normalized spacial score (nSPS) is 21.4. The first kappa shape index (κ1) is 10.3. The van der Waals surface area contributed by atoms with Crippen molar-refractivity contribution in [2.75, 3.05) is 0 Å². The van der Waals surface area contributed by atoms with E-state index in [9.17, 15) is 5.21 Å². The lowest BCUT2D eigenvalue weighted by Crippen LogP contribution is -2.42. The molecule has 5 heteroatoms. The largest absolute Gasteiger partial charge is 0.710 e. The van der Waals surface area contributed by atoms with Gasteiger partial charge < -0.3 is 9.94 Å². The molecule has 0 bridgehead atoms. The van der Waals surface area contributed by atoms with E-state index >= 15 is 0 Å². The smallest absolute Gasteiger partial charge is 0.326 e. The van der Waals surface area contributed by atoms with E-state index in [1.54, 1.807) is 6.92 Å². The summed E-state index contributed by atoms with van der Waals surface area (Å²) in [5.41, 5.74) is 0.0422. The van der Waals surface area contributed by atoms with Gasteiger partial charge in [-0.3, -0.25) is 0 Å². The lowest BCUT2D eigenvalue weighted by Gasteiger charge is -2.23. The maximum Gasteiger partial charge on any atom is 0.326 e. The van der Waals surface area contributed by atoms with E-state index in [0.717, 1.165) is 4.73 Å². The fourth-order valence-corrected chi connectivity index (χ4v) is 2.14. The first-order valence-corrected chi connectivity index (χ1v) is 4.94. The molecular weight excluding hydrogens is 194 g/mol. The molecule has 0 radical (unpaired) electrons. The Balaban J connectivity index is 2.76.